The average molecular weight is 299 g/mol. The molecule has 0 bridgehead atoms. The number of rotatable bonds is 5. The Balaban J connectivity index is 2.53. The first-order chi connectivity index (χ1) is 9.36. The van der Waals surface area contributed by atoms with Crippen molar-refractivity contribution in [2.45, 2.75) is 76.9 Å². The van der Waals surface area contributed by atoms with Crippen LogP contribution >= 0.6 is 0 Å². The van der Waals surface area contributed by atoms with Gasteiger partial charge >= 0.3 is 0 Å². The summed E-state index contributed by atoms with van der Waals surface area (Å²) < 4.78 is 29.8. The highest BCUT2D eigenvalue weighted by Crippen LogP contribution is 2.33. The molecule has 0 radical (unpaired) electrons. The second-order valence-corrected chi connectivity index (χ2v) is 7.57. The maximum Gasteiger partial charge on any atom is 0.260 e. The van der Waals surface area contributed by atoms with Crippen LogP contribution in [0.15, 0.2) is 5.03 Å². The molecular weight excluding hydrogens is 274 g/mol. The molecule has 1 N–H and O–H groups in total. The summed E-state index contributed by atoms with van der Waals surface area (Å²) in [4.78, 5) is 4.47. The zero-order chi connectivity index (χ0) is 14.9. The van der Waals surface area contributed by atoms with E-state index in [1.807, 2.05) is 13.8 Å². The number of imidazole rings is 1. The van der Waals surface area contributed by atoms with Crippen molar-refractivity contribution in [3.8, 4) is 0 Å². The standard InChI is InChI=1S/C14H25N3O2S/c1-5-7-12-15-14(20(18,19)16-10(2)3)13-11(4)8-6-9-17(12)13/h10-11,16H,5-9H2,1-4H3. The average Bonchev–Trinajstić information content (AvgIpc) is 2.69. The smallest absolute Gasteiger partial charge is 0.260 e. The van der Waals surface area contributed by atoms with Crippen LogP contribution in [0.4, 0.5) is 0 Å². The number of nitrogens with zero attached hydrogens (tertiary/aromatic N) is 2. The summed E-state index contributed by atoms with van der Waals surface area (Å²) in [5.74, 6) is 1.17. The maximum atomic E-state index is 12.5. The van der Waals surface area contributed by atoms with Crippen molar-refractivity contribution in [3.63, 3.8) is 0 Å². The van der Waals surface area contributed by atoms with Crippen LogP contribution in [0.1, 0.15) is 64.4 Å². The van der Waals surface area contributed by atoms with Gasteiger partial charge in [-0.1, -0.05) is 13.8 Å². The van der Waals surface area contributed by atoms with Gasteiger partial charge in [-0.15, -0.1) is 0 Å². The highest BCUT2D eigenvalue weighted by molar-refractivity contribution is 7.89. The minimum atomic E-state index is -3.51. The van der Waals surface area contributed by atoms with Gasteiger partial charge in [0.05, 0.1) is 5.69 Å². The van der Waals surface area contributed by atoms with Crippen LogP contribution in [0.25, 0.3) is 0 Å². The minimum absolute atomic E-state index is 0.120. The van der Waals surface area contributed by atoms with Gasteiger partial charge in [-0.2, -0.15) is 0 Å². The molecule has 0 amide bonds. The molecule has 1 aromatic rings. The van der Waals surface area contributed by atoms with Crippen molar-refractivity contribution in [2.75, 3.05) is 0 Å². The van der Waals surface area contributed by atoms with E-state index >= 15 is 0 Å². The lowest BCUT2D eigenvalue weighted by Crippen LogP contribution is -2.31. The van der Waals surface area contributed by atoms with Gasteiger partial charge in [0.15, 0.2) is 5.03 Å². The molecule has 1 aromatic heterocycles. The number of hydrogen-bond acceptors (Lipinski definition) is 3. The predicted octanol–water partition coefficient (Wildman–Crippen LogP) is 2.42. The molecule has 20 heavy (non-hydrogen) atoms. The zero-order valence-corrected chi connectivity index (χ0v) is 13.6. The summed E-state index contributed by atoms with van der Waals surface area (Å²) in [6.45, 7) is 8.73. The molecule has 1 unspecified atom stereocenters. The third-order valence-corrected chi connectivity index (χ3v) is 5.25. The van der Waals surface area contributed by atoms with Gasteiger partial charge in [-0.3, -0.25) is 0 Å². The molecule has 1 aliphatic heterocycles. The lowest BCUT2D eigenvalue weighted by Gasteiger charge is -2.23. The molecule has 2 rings (SSSR count). The van der Waals surface area contributed by atoms with E-state index < -0.39 is 10.0 Å². The molecular formula is C14H25N3O2S. The number of fused-ring (bicyclic) bond motifs is 1. The predicted molar refractivity (Wildman–Crippen MR) is 79.3 cm³/mol. The van der Waals surface area contributed by atoms with Crippen LogP contribution in [0, 0.1) is 0 Å². The summed E-state index contributed by atoms with van der Waals surface area (Å²) in [5, 5.41) is 0.252. The van der Waals surface area contributed by atoms with Crippen LogP contribution in [-0.2, 0) is 23.0 Å². The molecule has 0 fully saturated rings. The van der Waals surface area contributed by atoms with Crippen LogP contribution in [0.2, 0.25) is 0 Å². The van der Waals surface area contributed by atoms with Gasteiger partial charge in [0.2, 0.25) is 0 Å². The monoisotopic (exact) mass is 299 g/mol. The first-order valence-electron chi connectivity index (χ1n) is 7.48. The van der Waals surface area contributed by atoms with Gasteiger partial charge in [0.1, 0.15) is 5.82 Å². The Bertz CT molecular complexity index is 575. The Morgan fingerprint density at radius 2 is 2.15 bits per heavy atom. The zero-order valence-electron chi connectivity index (χ0n) is 12.8. The SMILES string of the molecule is CCCc1nc(S(=O)(=O)NC(C)C)c2n1CCCC2C. The Kier molecular flexibility index (Phi) is 4.54. The van der Waals surface area contributed by atoms with Crippen LogP contribution in [0.3, 0.4) is 0 Å². The maximum absolute atomic E-state index is 12.5. The van der Waals surface area contributed by atoms with Crippen LogP contribution < -0.4 is 4.72 Å². The topological polar surface area (TPSA) is 64.0 Å². The first-order valence-corrected chi connectivity index (χ1v) is 8.96. The molecule has 0 spiro atoms. The van der Waals surface area contributed by atoms with Crippen molar-refractivity contribution in [2.24, 2.45) is 0 Å². The van der Waals surface area contributed by atoms with Gasteiger partial charge in [0.25, 0.3) is 10.0 Å². The van der Waals surface area contributed by atoms with Gasteiger partial charge in [-0.05, 0) is 39.0 Å². The molecule has 2 heterocycles. The van der Waals surface area contributed by atoms with Crippen LogP contribution in [0.5, 0.6) is 0 Å². The van der Waals surface area contributed by atoms with Crippen molar-refractivity contribution in [3.05, 3.63) is 11.5 Å². The lowest BCUT2D eigenvalue weighted by atomic mass is 9.98. The molecule has 0 aliphatic carbocycles. The Morgan fingerprint density at radius 1 is 1.45 bits per heavy atom. The molecule has 0 saturated carbocycles. The third-order valence-electron chi connectivity index (χ3n) is 3.66. The Hall–Kier alpha value is -0.880. The normalized spacial score (nSPS) is 19.4. The van der Waals surface area contributed by atoms with Gasteiger partial charge < -0.3 is 4.57 Å². The highest BCUT2D eigenvalue weighted by atomic mass is 32.2. The molecule has 0 aromatic carbocycles. The molecule has 1 aliphatic rings. The summed E-state index contributed by atoms with van der Waals surface area (Å²) >= 11 is 0. The number of sulfonamides is 1. The van der Waals surface area contributed by atoms with E-state index in [1.165, 1.54) is 0 Å². The summed E-state index contributed by atoms with van der Waals surface area (Å²) in [6, 6.07) is -0.120. The van der Waals surface area contributed by atoms with Crippen molar-refractivity contribution in [1.82, 2.24) is 14.3 Å². The summed E-state index contributed by atoms with van der Waals surface area (Å²) in [6.07, 6.45) is 3.93. The number of aromatic nitrogens is 2. The van der Waals surface area contributed by atoms with E-state index in [0.29, 0.717) is 0 Å². The lowest BCUT2D eigenvalue weighted by molar-refractivity contribution is 0.455. The van der Waals surface area contributed by atoms with Gasteiger partial charge in [0, 0.05) is 19.0 Å². The summed E-state index contributed by atoms with van der Waals surface area (Å²) in [7, 11) is -3.51. The van der Waals surface area contributed by atoms with E-state index in [1.54, 1.807) is 0 Å². The van der Waals surface area contributed by atoms with E-state index in [4.69, 9.17) is 0 Å². The number of aryl methyl sites for hydroxylation is 1. The molecule has 6 heteroatoms. The summed E-state index contributed by atoms with van der Waals surface area (Å²) in [5.41, 5.74) is 0.896. The fourth-order valence-corrected chi connectivity index (χ4v) is 4.43. The second kappa shape index (κ2) is 5.85. The van der Waals surface area contributed by atoms with Crippen LogP contribution in [-0.4, -0.2) is 24.0 Å². The number of nitrogens with one attached hydrogen (secondary N) is 1. The quantitative estimate of drug-likeness (QED) is 0.908. The Labute approximate surface area is 121 Å². The second-order valence-electron chi connectivity index (χ2n) is 5.94. The van der Waals surface area contributed by atoms with Crippen molar-refractivity contribution < 1.29 is 8.42 Å². The fourth-order valence-electron chi connectivity index (χ4n) is 2.89. The highest BCUT2D eigenvalue weighted by Gasteiger charge is 2.31. The molecule has 5 nitrogen and oxygen atoms in total. The van der Waals surface area contributed by atoms with E-state index in [-0.39, 0.29) is 17.0 Å². The van der Waals surface area contributed by atoms with E-state index in [0.717, 1.165) is 43.7 Å². The third kappa shape index (κ3) is 2.91. The van der Waals surface area contributed by atoms with Crippen molar-refractivity contribution >= 4 is 10.0 Å². The van der Waals surface area contributed by atoms with Gasteiger partial charge in [-0.25, -0.2) is 18.1 Å². The minimum Gasteiger partial charge on any atom is -0.330 e. The first kappa shape index (κ1) is 15.5. The fraction of sp³-hybridized carbons (Fsp3) is 0.786. The van der Waals surface area contributed by atoms with Crippen molar-refractivity contribution in [1.29, 1.82) is 0 Å². The molecule has 1 atom stereocenters. The number of hydrogen-bond donors (Lipinski definition) is 1. The van der Waals surface area contributed by atoms with E-state index in [9.17, 15) is 8.42 Å². The molecule has 114 valence electrons. The Morgan fingerprint density at radius 3 is 2.75 bits per heavy atom. The molecule has 0 saturated heterocycles. The van der Waals surface area contributed by atoms with E-state index in [2.05, 4.69) is 28.1 Å². The largest absolute Gasteiger partial charge is 0.330 e.